The van der Waals surface area contributed by atoms with Crippen molar-refractivity contribution in [1.29, 1.82) is 0 Å². The SMILES string of the molecule is CC[C@H](C(=O)NC(C)C)N(Cc1ccccc1C)C(=O)CN(c1ccc(C(C)C)cc1)S(=O)(=O)c1ccccc1. The van der Waals surface area contributed by atoms with E-state index in [2.05, 4.69) is 19.2 Å². The predicted octanol–water partition coefficient (Wildman–Crippen LogP) is 5.65. The van der Waals surface area contributed by atoms with Gasteiger partial charge in [0.05, 0.1) is 10.6 Å². The van der Waals surface area contributed by atoms with E-state index in [4.69, 9.17) is 0 Å². The zero-order valence-electron chi connectivity index (χ0n) is 24.3. The maximum Gasteiger partial charge on any atom is 0.264 e. The summed E-state index contributed by atoms with van der Waals surface area (Å²) in [5.74, 6) is -0.455. The Morgan fingerprint density at radius 1 is 0.850 bits per heavy atom. The van der Waals surface area contributed by atoms with Crippen LogP contribution < -0.4 is 9.62 Å². The Labute approximate surface area is 239 Å². The van der Waals surface area contributed by atoms with Crippen LogP contribution >= 0.6 is 0 Å². The van der Waals surface area contributed by atoms with E-state index < -0.39 is 28.5 Å². The van der Waals surface area contributed by atoms with E-state index in [0.717, 1.165) is 21.0 Å². The minimum Gasteiger partial charge on any atom is -0.352 e. The molecular weight excluding hydrogens is 522 g/mol. The molecule has 0 aliphatic rings. The van der Waals surface area contributed by atoms with E-state index in [1.165, 1.54) is 17.0 Å². The first kappa shape index (κ1) is 30.9. The van der Waals surface area contributed by atoms with Crippen molar-refractivity contribution in [3.05, 3.63) is 95.6 Å². The molecule has 7 nitrogen and oxygen atoms in total. The lowest BCUT2D eigenvalue weighted by molar-refractivity contribution is -0.140. The van der Waals surface area contributed by atoms with Crippen molar-refractivity contribution in [2.45, 2.75) is 77.4 Å². The summed E-state index contributed by atoms with van der Waals surface area (Å²) >= 11 is 0. The number of carbonyl (C=O) groups is 2. The lowest BCUT2D eigenvalue weighted by Gasteiger charge is -2.34. The number of nitrogens with one attached hydrogen (secondary N) is 1. The van der Waals surface area contributed by atoms with Gasteiger partial charge in [-0.15, -0.1) is 0 Å². The monoisotopic (exact) mass is 563 g/mol. The molecule has 0 saturated heterocycles. The minimum atomic E-state index is -4.08. The largest absolute Gasteiger partial charge is 0.352 e. The van der Waals surface area contributed by atoms with Gasteiger partial charge in [0.25, 0.3) is 10.0 Å². The average molecular weight is 564 g/mol. The summed E-state index contributed by atoms with van der Waals surface area (Å²) in [5.41, 5.74) is 3.32. The number of aryl methyl sites for hydroxylation is 1. The molecule has 0 fully saturated rings. The van der Waals surface area contributed by atoms with Gasteiger partial charge in [0.15, 0.2) is 0 Å². The standard InChI is InChI=1S/C32H41N3O4S/c1-7-30(32(37)33-24(4)5)34(21-27-14-12-11-13-25(27)6)31(36)22-35(28-19-17-26(18-20-28)23(2)3)40(38,39)29-15-9-8-10-16-29/h8-20,23-24,30H,7,21-22H2,1-6H3,(H,33,37)/t30-/m1/s1. The highest BCUT2D eigenvalue weighted by Gasteiger charge is 2.34. The van der Waals surface area contributed by atoms with Crippen molar-refractivity contribution in [3.8, 4) is 0 Å². The van der Waals surface area contributed by atoms with Gasteiger partial charge in [0, 0.05) is 12.6 Å². The summed E-state index contributed by atoms with van der Waals surface area (Å²) < 4.78 is 29.0. The number of sulfonamides is 1. The van der Waals surface area contributed by atoms with Crippen molar-refractivity contribution >= 4 is 27.5 Å². The first-order valence-electron chi connectivity index (χ1n) is 13.8. The molecule has 3 rings (SSSR count). The van der Waals surface area contributed by atoms with Crippen LogP contribution in [-0.4, -0.2) is 43.8 Å². The summed E-state index contributed by atoms with van der Waals surface area (Å²) in [4.78, 5) is 29.0. The molecule has 214 valence electrons. The molecule has 2 amide bonds. The van der Waals surface area contributed by atoms with Crippen LogP contribution in [0.2, 0.25) is 0 Å². The zero-order valence-corrected chi connectivity index (χ0v) is 25.1. The van der Waals surface area contributed by atoms with Gasteiger partial charge in [-0.1, -0.05) is 75.4 Å². The topological polar surface area (TPSA) is 86.8 Å². The Morgan fingerprint density at radius 3 is 2.00 bits per heavy atom. The molecule has 0 saturated carbocycles. The van der Waals surface area contributed by atoms with Crippen molar-refractivity contribution in [3.63, 3.8) is 0 Å². The highest BCUT2D eigenvalue weighted by molar-refractivity contribution is 7.92. The van der Waals surface area contributed by atoms with Crippen molar-refractivity contribution < 1.29 is 18.0 Å². The number of benzene rings is 3. The predicted molar refractivity (Wildman–Crippen MR) is 161 cm³/mol. The number of anilines is 1. The van der Waals surface area contributed by atoms with Gasteiger partial charge >= 0.3 is 0 Å². The smallest absolute Gasteiger partial charge is 0.264 e. The van der Waals surface area contributed by atoms with Crippen LogP contribution in [-0.2, 0) is 26.2 Å². The summed E-state index contributed by atoms with van der Waals surface area (Å²) in [6.45, 7) is 11.4. The average Bonchev–Trinajstić information content (AvgIpc) is 2.92. The fourth-order valence-corrected chi connectivity index (χ4v) is 5.98. The van der Waals surface area contributed by atoms with Gasteiger partial charge in [-0.05, 0) is 74.1 Å². The minimum absolute atomic E-state index is 0.0887. The van der Waals surface area contributed by atoms with Crippen LogP contribution in [0.25, 0.3) is 0 Å². The molecule has 3 aromatic rings. The summed E-state index contributed by atoms with van der Waals surface area (Å²) in [6, 6.07) is 22.1. The van der Waals surface area contributed by atoms with Crippen LogP contribution in [0, 0.1) is 6.92 Å². The lowest BCUT2D eigenvalue weighted by atomic mass is 10.0. The Hall–Kier alpha value is -3.65. The Morgan fingerprint density at radius 2 is 1.45 bits per heavy atom. The molecule has 0 aliphatic carbocycles. The summed E-state index contributed by atoms with van der Waals surface area (Å²) in [7, 11) is -4.08. The van der Waals surface area contributed by atoms with Crippen LogP contribution in [0.3, 0.4) is 0 Å². The number of nitrogens with zero attached hydrogens (tertiary/aromatic N) is 2. The quantitative estimate of drug-likeness (QED) is 0.309. The van der Waals surface area contributed by atoms with Crippen molar-refractivity contribution in [2.75, 3.05) is 10.8 Å². The highest BCUT2D eigenvalue weighted by atomic mass is 32.2. The zero-order chi connectivity index (χ0) is 29.4. The molecule has 40 heavy (non-hydrogen) atoms. The van der Waals surface area contributed by atoms with Gasteiger partial charge in [-0.25, -0.2) is 8.42 Å². The third kappa shape index (κ3) is 7.50. The van der Waals surface area contributed by atoms with Gasteiger partial charge in [-0.2, -0.15) is 0 Å². The van der Waals surface area contributed by atoms with Crippen molar-refractivity contribution in [2.24, 2.45) is 0 Å². The summed E-state index contributed by atoms with van der Waals surface area (Å²) in [6.07, 6.45) is 0.380. The third-order valence-electron chi connectivity index (χ3n) is 6.88. The lowest BCUT2D eigenvalue weighted by Crippen LogP contribution is -2.53. The number of rotatable bonds is 12. The van der Waals surface area contributed by atoms with Gasteiger partial charge < -0.3 is 10.2 Å². The first-order chi connectivity index (χ1) is 18.9. The molecule has 0 spiro atoms. The Bertz CT molecular complexity index is 1390. The number of hydrogen-bond donors (Lipinski definition) is 1. The molecule has 0 radical (unpaired) electrons. The molecule has 1 N–H and O–H groups in total. The van der Waals surface area contributed by atoms with E-state index in [1.807, 2.05) is 64.1 Å². The molecule has 0 aliphatic heterocycles. The van der Waals surface area contributed by atoms with E-state index in [9.17, 15) is 18.0 Å². The van der Waals surface area contributed by atoms with Crippen LogP contribution in [0.5, 0.6) is 0 Å². The summed E-state index contributed by atoms with van der Waals surface area (Å²) in [5, 5.41) is 2.92. The van der Waals surface area contributed by atoms with E-state index in [0.29, 0.717) is 12.1 Å². The number of hydrogen-bond acceptors (Lipinski definition) is 4. The van der Waals surface area contributed by atoms with Crippen LogP contribution in [0.15, 0.2) is 83.8 Å². The normalized spacial score (nSPS) is 12.3. The fraction of sp³-hybridized carbons (Fsp3) is 0.375. The molecule has 0 bridgehead atoms. The van der Waals surface area contributed by atoms with Crippen LogP contribution in [0.1, 0.15) is 63.6 Å². The molecule has 1 atom stereocenters. The highest BCUT2D eigenvalue weighted by Crippen LogP contribution is 2.27. The fourth-order valence-electron chi connectivity index (χ4n) is 4.55. The molecule has 8 heteroatoms. The van der Waals surface area contributed by atoms with Gasteiger partial charge in [0.2, 0.25) is 11.8 Å². The number of carbonyl (C=O) groups excluding carboxylic acids is 2. The van der Waals surface area contributed by atoms with Crippen molar-refractivity contribution in [1.82, 2.24) is 10.2 Å². The van der Waals surface area contributed by atoms with E-state index in [-0.39, 0.29) is 29.3 Å². The van der Waals surface area contributed by atoms with Gasteiger partial charge in [-0.3, -0.25) is 13.9 Å². The second-order valence-corrected chi connectivity index (χ2v) is 12.5. The van der Waals surface area contributed by atoms with Crippen LogP contribution in [0.4, 0.5) is 5.69 Å². The molecule has 0 heterocycles. The molecule has 3 aromatic carbocycles. The Balaban J connectivity index is 2.07. The third-order valence-corrected chi connectivity index (χ3v) is 8.66. The molecule has 0 aromatic heterocycles. The maximum atomic E-state index is 14.1. The Kier molecular flexibility index (Phi) is 10.5. The first-order valence-corrected chi connectivity index (χ1v) is 15.2. The second-order valence-electron chi connectivity index (χ2n) is 10.6. The molecular formula is C32H41N3O4S. The second kappa shape index (κ2) is 13.6. The molecule has 0 unspecified atom stereocenters. The maximum absolute atomic E-state index is 14.1. The number of amides is 2. The van der Waals surface area contributed by atoms with Gasteiger partial charge in [0.1, 0.15) is 12.6 Å². The van der Waals surface area contributed by atoms with E-state index >= 15 is 0 Å². The van der Waals surface area contributed by atoms with E-state index in [1.54, 1.807) is 30.3 Å².